The molecule has 104 valence electrons. The molecular formula is C10H13N3O5S. The van der Waals surface area contributed by atoms with Crippen LogP contribution in [0, 0.1) is 0 Å². The van der Waals surface area contributed by atoms with Crippen LogP contribution in [-0.2, 0) is 9.59 Å². The van der Waals surface area contributed by atoms with Gasteiger partial charge in [0, 0.05) is 25.3 Å². The first-order valence-corrected chi connectivity index (χ1v) is 6.20. The predicted octanol–water partition coefficient (Wildman–Crippen LogP) is -0.333. The molecular weight excluding hydrogens is 274 g/mol. The maximum atomic E-state index is 11.6. The van der Waals surface area contributed by atoms with E-state index in [0.717, 1.165) is 11.3 Å². The van der Waals surface area contributed by atoms with Crippen molar-refractivity contribution in [3.63, 3.8) is 0 Å². The van der Waals surface area contributed by atoms with Crippen molar-refractivity contribution in [2.75, 3.05) is 11.9 Å². The van der Waals surface area contributed by atoms with Gasteiger partial charge in [-0.2, -0.15) is 0 Å². The zero-order valence-electron chi connectivity index (χ0n) is 10.0. The van der Waals surface area contributed by atoms with Crippen molar-refractivity contribution in [3.05, 3.63) is 11.1 Å². The van der Waals surface area contributed by atoms with Gasteiger partial charge in [-0.25, -0.2) is 9.78 Å². The average Bonchev–Trinajstić information content (AvgIpc) is 2.76. The number of hydrogen-bond donors (Lipinski definition) is 4. The Morgan fingerprint density at radius 2 is 2.16 bits per heavy atom. The number of hydrogen-bond acceptors (Lipinski definition) is 6. The topological polar surface area (TPSA) is 129 Å². The van der Waals surface area contributed by atoms with E-state index >= 15 is 0 Å². The minimum atomic E-state index is -1.51. The van der Waals surface area contributed by atoms with Crippen LogP contribution in [0.1, 0.15) is 23.8 Å². The van der Waals surface area contributed by atoms with Crippen molar-refractivity contribution < 1.29 is 24.6 Å². The van der Waals surface area contributed by atoms with Gasteiger partial charge in [0.25, 0.3) is 5.91 Å². The molecule has 2 amide bonds. The predicted molar refractivity (Wildman–Crippen MR) is 67.0 cm³/mol. The van der Waals surface area contributed by atoms with Gasteiger partial charge in [0.1, 0.15) is 5.69 Å². The van der Waals surface area contributed by atoms with Gasteiger partial charge in [0.05, 0.1) is 0 Å². The third kappa shape index (κ3) is 5.02. The van der Waals surface area contributed by atoms with Crippen molar-refractivity contribution in [2.45, 2.75) is 19.4 Å². The van der Waals surface area contributed by atoms with Gasteiger partial charge >= 0.3 is 5.97 Å². The van der Waals surface area contributed by atoms with Crippen LogP contribution >= 0.6 is 11.3 Å². The fourth-order valence-electron chi connectivity index (χ4n) is 1.12. The number of carbonyl (C=O) groups is 3. The van der Waals surface area contributed by atoms with Gasteiger partial charge in [-0.15, -0.1) is 11.3 Å². The Morgan fingerprint density at radius 1 is 1.47 bits per heavy atom. The van der Waals surface area contributed by atoms with E-state index < -0.39 is 18.0 Å². The smallest absolute Gasteiger partial charge is 0.332 e. The van der Waals surface area contributed by atoms with Crippen LogP contribution in [0.4, 0.5) is 5.13 Å². The van der Waals surface area contributed by atoms with E-state index in [1.165, 1.54) is 12.3 Å². The van der Waals surface area contributed by atoms with Gasteiger partial charge < -0.3 is 20.8 Å². The number of anilines is 1. The molecule has 19 heavy (non-hydrogen) atoms. The van der Waals surface area contributed by atoms with Crippen molar-refractivity contribution in [1.29, 1.82) is 0 Å². The number of rotatable bonds is 6. The highest BCUT2D eigenvalue weighted by atomic mass is 32.1. The Morgan fingerprint density at radius 3 is 2.74 bits per heavy atom. The number of carboxylic acids is 1. The Hall–Kier alpha value is -2.00. The van der Waals surface area contributed by atoms with Crippen LogP contribution in [0.2, 0.25) is 0 Å². The van der Waals surface area contributed by atoms with Crippen LogP contribution in [-0.4, -0.2) is 45.6 Å². The number of nitrogens with one attached hydrogen (secondary N) is 2. The van der Waals surface area contributed by atoms with Gasteiger partial charge in [-0.05, 0) is 0 Å². The molecule has 9 heteroatoms. The molecule has 0 spiro atoms. The number of carboxylic acid groups (broad SMARTS) is 1. The molecule has 8 nitrogen and oxygen atoms in total. The number of nitrogens with zero attached hydrogens (tertiary/aromatic N) is 1. The Labute approximate surface area is 112 Å². The van der Waals surface area contributed by atoms with E-state index in [1.807, 2.05) is 0 Å². The summed E-state index contributed by atoms with van der Waals surface area (Å²) in [5.74, 6) is -2.12. The highest BCUT2D eigenvalue weighted by Crippen LogP contribution is 2.14. The monoisotopic (exact) mass is 287 g/mol. The number of aromatic nitrogens is 1. The first kappa shape index (κ1) is 15.1. The number of aliphatic hydroxyl groups is 1. The van der Waals surface area contributed by atoms with Crippen LogP contribution in [0.5, 0.6) is 0 Å². The van der Waals surface area contributed by atoms with Crippen LogP contribution < -0.4 is 10.6 Å². The molecule has 0 saturated heterocycles. The van der Waals surface area contributed by atoms with Crippen LogP contribution in [0.25, 0.3) is 0 Å². The minimum absolute atomic E-state index is 0.0132. The first-order chi connectivity index (χ1) is 8.90. The molecule has 1 atom stereocenters. The van der Waals surface area contributed by atoms with Gasteiger partial charge in [0.2, 0.25) is 5.91 Å². The lowest BCUT2D eigenvalue weighted by Crippen LogP contribution is -2.30. The van der Waals surface area contributed by atoms with E-state index in [4.69, 9.17) is 10.2 Å². The summed E-state index contributed by atoms with van der Waals surface area (Å²) in [6.45, 7) is 1.34. The van der Waals surface area contributed by atoms with E-state index in [2.05, 4.69) is 15.6 Å². The normalized spacial score (nSPS) is 11.7. The Kier molecular flexibility index (Phi) is 5.39. The number of amides is 2. The van der Waals surface area contributed by atoms with Gasteiger partial charge in [0.15, 0.2) is 11.2 Å². The highest BCUT2D eigenvalue weighted by Gasteiger charge is 2.15. The van der Waals surface area contributed by atoms with E-state index in [9.17, 15) is 14.4 Å². The SMILES string of the molecule is CC(=O)Nc1nc(C(=O)NCCC(O)C(=O)O)cs1. The summed E-state index contributed by atoms with van der Waals surface area (Å²) in [5.41, 5.74) is 0.124. The molecule has 0 radical (unpaired) electrons. The molecule has 0 aliphatic carbocycles. The lowest BCUT2D eigenvalue weighted by atomic mass is 10.2. The second-order valence-electron chi connectivity index (χ2n) is 3.62. The summed E-state index contributed by atoms with van der Waals surface area (Å²) in [7, 11) is 0. The molecule has 1 aromatic heterocycles. The second-order valence-corrected chi connectivity index (χ2v) is 4.48. The minimum Gasteiger partial charge on any atom is -0.479 e. The molecule has 1 rings (SSSR count). The number of aliphatic hydroxyl groups excluding tert-OH is 1. The Bertz CT molecular complexity index is 487. The fourth-order valence-corrected chi connectivity index (χ4v) is 1.86. The fraction of sp³-hybridized carbons (Fsp3) is 0.400. The van der Waals surface area contributed by atoms with Crippen molar-refractivity contribution in [2.24, 2.45) is 0 Å². The maximum Gasteiger partial charge on any atom is 0.332 e. The first-order valence-electron chi connectivity index (χ1n) is 5.32. The van der Waals surface area contributed by atoms with Gasteiger partial charge in [-0.3, -0.25) is 9.59 Å². The molecule has 0 aliphatic heterocycles. The number of thiazole rings is 1. The molecule has 1 heterocycles. The Balaban J connectivity index is 2.43. The quantitative estimate of drug-likeness (QED) is 0.567. The van der Waals surface area contributed by atoms with E-state index in [-0.39, 0.29) is 24.6 Å². The highest BCUT2D eigenvalue weighted by molar-refractivity contribution is 7.14. The summed E-state index contributed by atoms with van der Waals surface area (Å²) >= 11 is 1.10. The van der Waals surface area contributed by atoms with Crippen molar-refractivity contribution in [3.8, 4) is 0 Å². The zero-order chi connectivity index (χ0) is 14.4. The lowest BCUT2D eigenvalue weighted by molar-refractivity contribution is -0.146. The molecule has 0 aliphatic rings. The standard InChI is InChI=1S/C10H13N3O5S/c1-5(14)12-10-13-6(4-19-10)8(16)11-3-2-7(15)9(17)18/h4,7,15H,2-3H2,1H3,(H,11,16)(H,17,18)(H,12,13,14). The average molecular weight is 287 g/mol. The molecule has 0 fully saturated rings. The van der Waals surface area contributed by atoms with Crippen molar-refractivity contribution in [1.82, 2.24) is 10.3 Å². The molecule has 0 saturated carbocycles. The molecule has 0 aromatic carbocycles. The summed E-state index contributed by atoms with van der Waals surface area (Å²) < 4.78 is 0. The maximum absolute atomic E-state index is 11.6. The van der Waals surface area contributed by atoms with Crippen LogP contribution in [0.3, 0.4) is 0 Å². The second kappa shape index (κ2) is 6.81. The summed E-state index contributed by atoms with van der Waals surface area (Å²) in [6, 6.07) is 0. The third-order valence-corrected chi connectivity index (χ3v) is 2.77. The molecule has 4 N–H and O–H groups in total. The summed E-state index contributed by atoms with van der Waals surface area (Å²) in [4.78, 5) is 36.6. The van der Waals surface area contributed by atoms with Gasteiger partial charge in [-0.1, -0.05) is 0 Å². The molecule has 1 unspecified atom stereocenters. The summed E-state index contributed by atoms with van der Waals surface area (Å²) in [5, 5.41) is 24.1. The van der Waals surface area contributed by atoms with Crippen LogP contribution in [0.15, 0.2) is 5.38 Å². The largest absolute Gasteiger partial charge is 0.479 e. The van der Waals surface area contributed by atoms with E-state index in [0.29, 0.717) is 5.13 Å². The summed E-state index contributed by atoms with van der Waals surface area (Å²) in [6.07, 6.45) is -1.60. The molecule has 0 bridgehead atoms. The van der Waals surface area contributed by atoms with Crippen molar-refractivity contribution >= 4 is 34.3 Å². The zero-order valence-corrected chi connectivity index (χ0v) is 10.9. The molecule has 1 aromatic rings. The number of carbonyl (C=O) groups excluding carboxylic acids is 2. The van der Waals surface area contributed by atoms with E-state index in [1.54, 1.807) is 0 Å². The third-order valence-electron chi connectivity index (χ3n) is 2.01. The lowest BCUT2D eigenvalue weighted by Gasteiger charge is -2.05. The number of aliphatic carboxylic acids is 1.